The number of rotatable bonds is 1. The van der Waals surface area contributed by atoms with Crippen molar-refractivity contribution in [3.8, 4) is 5.75 Å². The van der Waals surface area contributed by atoms with Gasteiger partial charge in [0, 0.05) is 13.0 Å². The lowest BCUT2D eigenvalue weighted by molar-refractivity contribution is 0.0482. The topological polar surface area (TPSA) is 58.6 Å². The van der Waals surface area contributed by atoms with E-state index in [2.05, 4.69) is 5.32 Å². The number of hydrogen-bond donors (Lipinski definition) is 1. The van der Waals surface area contributed by atoms with Crippen LogP contribution < -0.4 is 10.1 Å². The molecule has 1 spiro atoms. The lowest BCUT2D eigenvalue weighted by Gasteiger charge is -2.34. The Bertz CT molecular complexity index is 759. The summed E-state index contributed by atoms with van der Waals surface area (Å²) in [4.78, 5) is 26.5. The summed E-state index contributed by atoms with van der Waals surface area (Å²) in [5, 5.41) is 5.62. The number of anilines is 1. The van der Waals surface area contributed by atoms with Gasteiger partial charge in [-0.1, -0.05) is 12.1 Å². The number of ether oxygens (including phenoxy) is 1. The van der Waals surface area contributed by atoms with Crippen LogP contribution in [0.2, 0.25) is 0 Å². The zero-order valence-corrected chi connectivity index (χ0v) is 13.3. The van der Waals surface area contributed by atoms with Crippen molar-refractivity contribution in [3.63, 3.8) is 0 Å². The van der Waals surface area contributed by atoms with Crippen molar-refractivity contribution in [2.45, 2.75) is 18.4 Å². The van der Waals surface area contributed by atoms with Gasteiger partial charge in [0.2, 0.25) is 0 Å². The Labute approximate surface area is 137 Å². The molecule has 1 aromatic carbocycles. The SMILES string of the molecule is O=C1CC2(CCN(C(=O)Nc3cccs3)C2)Oc2ccccc21. The van der Waals surface area contributed by atoms with E-state index in [0.29, 0.717) is 37.2 Å². The molecule has 6 heteroatoms. The van der Waals surface area contributed by atoms with Crippen LogP contribution in [0.1, 0.15) is 23.2 Å². The Balaban J connectivity index is 1.50. The predicted molar refractivity (Wildman–Crippen MR) is 88.3 cm³/mol. The van der Waals surface area contributed by atoms with E-state index >= 15 is 0 Å². The Kier molecular flexibility index (Phi) is 3.34. The first-order valence-corrected chi connectivity index (χ1v) is 8.44. The third-order valence-electron chi connectivity index (χ3n) is 4.35. The molecule has 0 saturated carbocycles. The van der Waals surface area contributed by atoms with Crippen molar-refractivity contribution in [3.05, 3.63) is 47.3 Å². The summed E-state index contributed by atoms with van der Waals surface area (Å²) < 4.78 is 6.13. The van der Waals surface area contributed by atoms with E-state index in [-0.39, 0.29) is 11.8 Å². The van der Waals surface area contributed by atoms with E-state index in [1.54, 1.807) is 11.0 Å². The van der Waals surface area contributed by atoms with Crippen LogP contribution in [0.5, 0.6) is 5.75 Å². The summed E-state index contributed by atoms with van der Waals surface area (Å²) in [6.45, 7) is 1.02. The number of Topliss-reactive ketones (excluding diaryl/α,β-unsaturated/α-hetero) is 1. The van der Waals surface area contributed by atoms with Crippen LogP contribution in [-0.2, 0) is 0 Å². The van der Waals surface area contributed by atoms with Crippen molar-refractivity contribution in [2.75, 3.05) is 18.4 Å². The number of carbonyl (C=O) groups is 2. The maximum atomic E-state index is 12.4. The molecule has 1 unspecified atom stereocenters. The van der Waals surface area contributed by atoms with Gasteiger partial charge in [0.05, 0.1) is 23.5 Å². The lowest BCUT2D eigenvalue weighted by Crippen LogP contribution is -2.45. The Hall–Kier alpha value is -2.34. The summed E-state index contributed by atoms with van der Waals surface area (Å²) in [5.41, 5.74) is 0.0534. The van der Waals surface area contributed by atoms with Crippen molar-refractivity contribution in [2.24, 2.45) is 0 Å². The van der Waals surface area contributed by atoms with Crippen molar-refractivity contribution in [1.29, 1.82) is 0 Å². The van der Waals surface area contributed by atoms with Gasteiger partial charge in [0.25, 0.3) is 0 Å². The fraction of sp³-hybridized carbons (Fsp3) is 0.294. The largest absolute Gasteiger partial charge is 0.484 e. The van der Waals surface area contributed by atoms with Gasteiger partial charge < -0.3 is 9.64 Å². The minimum Gasteiger partial charge on any atom is -0.484 e. The molecule has 5 nitrogen and oxygen atoms in total. The average molecular weight is 328 g/mol. The zero-order valence-electron chi connectivity index (χ0n) is 12.5. The number of nitrogens with zero attached hydrogens (tertiary/aromatic N) is 1. The summed E-state index contributed by atoms with van der Waals surface area (Å²) in [5.74, 6) is 0.719. The van der Waals surface area contributed by atoms with E-state index in [0.717, 1.165) is 5.00 Å². The number of urea groups is 1. The highest BCUT2D eigenvalue weighted by Crippen LogP contribution is 2.38. The molecule has 1 saturated heterocycles. The van der Waals surface area contributed by atoms with Gasteiger partial charge in [-0.15, -0.1) is 11.3 Å². The van der Waals surface area contributed by atoms with Crippen LogP contribution in [0.4, 0.5) is 9.80 Å². The number of benzene rings is 1. The Morgan fingerprint density at radius 1 is 1.26 bits per heavy atom. The van der Waals surface area contributed by atoms with Gasteiger partial charge in [-0.2, -0.15) is 0 Å². The average Bonchev–Trinajstić information content (AvgIpc) is 3.18. The second-order valence-corrected chi connectivity index (χ2v) is 6.91. The molecule has 3 heterocycles. The quantitative estimate of drug-likeness (QED) is 0.873. The number of ketones is 1. The third kappa shape index (κ3) is 2.59. The fourth-order valence-corrected chi connectivity index (χ4v) is 3.83. The number of likely N-dealkylation sites (tertiary alicyclic amines) is 1. The standard InChI is InChI=1S/C17H16N2O3S/c20-13-10-17(22-14-5-2-1-4-12(13)14)7-8-19(11-17)16(21)18-15-6-3-9-23-15/h1-6,9H,7-8,10-11H2,(H,18,21). The van der Waals surface area contributed by atoms with Gasteiger partial charge in [-0.25, -0.2) is 4.79 Å². The van der Waals surface area contributed by atoms with E-state index in [1.807, 2.05) is 35.7 Å². The summed E-state index contributed by atoms with van der Waals surface area (Å²) in [7, 11) is 0. The van der Waals surface area contributed by atoms with Gasteiger partial charge >= 0.3 is 6.03 Å². The van der Waals surface area contributed by atoms with E-state index < -0.39 is 5.60 Å². The maximum absolute atomic E-state index is 12.4. The first kappa shape index (κ1) is 14.3. The molecule has 0 aliphatic carbocycles. The molecule has 1 fully saturated rings. The highest BCUT2D eigenvalue weighted by molar-refractivity contribution is 7.14. The number of nitrogens with one attached hydrogen (secondary N) is 1. The molecule has 1 atom stereocenters. The summed E-state index contributed by atoms with van der Waals surface area (Å²) in [6.07, 6.45) is 0.998. The van der Waals surface area contributed by atoms with Crippen LogP contribution in [0.3, 0.4) is 0 Å². The maximum Gasteiger partial charge on any atom is 0.322 e. The highest BCUT2D eigenvalue weighted by Gasteiger charge is 2.46. The number of amides is 2. The molecule has 0 bridgehead atoms. The first-order valence-electron chi connectivity index (χ1n) is 7.56. The summed E-state index contributed by atoms with van der Waals surface area (Å²) in [6, 6.07) is 10.9. The van der Waals surface area contributed by atoms with E-state index in [9.17, 15) is 9.59 Å². The van der Waals surface area contributed by atoms with Crippen LogP contribution in [-0.4, -0.2) is 35.4 Å². The van der Waals surface area contributed by atoms with Crippen molar-refractivity contribution < 1.29 is 14.3 Å². The predicted octanol–water partition coefficient (Wildman–Crippen LogP) is 3.39. The van der Waals surface area contributed by atoms with Crippen LogP contribution in [0.25, 0.3) is 0 Å². The van der Waals surface area contributed by atoms with Gasteiger partial charge in [0.15, 0.2) is 5.78 Å². The molecule has 1 aromatic heterocycles. The van der Waals surface area contributed by atoms with Crippen LogP contribution in [0, 0.1) is 0 Å². The molecular formula is C17H16N2O3S. The number of fused-ring (bicyclic) bond motifs is 1. The van der Waals surface area contributed by atoms with Gasteiger partial charge in [-0.05, 0) is 29.6 Å². The Morgan fingerprint density at radius 2 is 2.13 bits per heavy atom. The number of thiophene rings is 1. The zero-order chi connectivity index (χ0) is 15.9. The number of para-hydroxylation sites is 1. The molecule has 2 aliphatic rings. The van der Waals surface area contributed by atoms with Crippen molar-refractivity contribution in [1.82, 2.24) is 4.90 Å². The smallest absolute Gasteiger partial charge is 0.322 e. The minimum atomic E-state index is -0.585. The lowest BCUT2D eigenvalue weighted by atomic mass is 9.89. The third-order valence-corrected chi connectivity index (χ3v) is 5.14. The van der Waals surface area contributed by atoms with Gasteiger partial charge in [-0.3, -0.25) is 10.1 Å². The van der Waals surface area contributed by atoms with E-state index in [4.69, 9.17) is 4.74 Å². The minimum absolute atomic E-state index is 0.0902. The monoisotopic (exact) mass is 328 g/mol. The molecule has 2 amide bonds. The molecule has 2 aliphatic heterocycles. The first-order chi connectivity index (χ1) is 11.2. The molecule has 0 radical (unpaired) electrons. The highest BCUT2D eigenvalue weighted by atomic mass is 32.1. The van der Waals surface area contributed by atoms with Gasteiger partial charge in [0.1, 0.15) is 11.4 Å². The Morgan fingerprint density at radius 3 is 2.96 bits per heavy atom. The molecular weight excluding hydrogens is 312 g/mol. The molecule has 23 heavy (non-hydrogen) atoms. The molecule has 1 N–H and O–H groups in total. The normalized spacial score (nSPS) is 22.8. The van der Waals surface area contributed by atoms with Crippen LogP contribution >= 0.6 is 11.3 Å². The fourth-order valence-electron chi connectivity index (χ4n) is 3.22. The van der Waals surface area contributed by atoms with Crippen molar-refractivity contribution >= 4 is 28.2 Å². The van der Waals surface area contributed by atoms with E-state index in [1.165, 1.54) is 11.3 Å². The molecule has 4 rings (SSSR count). The second-order valence-electron chi connectivity index (χ2n) is 5.96. The molecule has 118 valence electrons. The number of hydrogen-bond acceptors (Lipinski definition) is 4. The molecule has 2 aromatic rings. The number of carbonyl (C=O) groups excluding carboxylic acids is 2. The second kappa shape index (κ2) is 5.38. The summed E-state index contributed by atoms with van der Waals surface area (Å²) >= 11 is 1.48. The van der Waals surface area contributed by atoms with Crippen LogP contribution in [0.15, 0.2) is 41.8 Å².